The second-order valence-corrected chi connectivity index (χ2v) is 5.66. The van der Waals surface area contributed by atoms with E-state index in [1.54, 1.807) is 0 Å². The molecule has 1 aliphatic rings. The standard InChI is InChI=1S/C13H29N3/c1-12(2)11-16-9-7-15(8-10-16)6-4-5-13(3)14/h12-13H,4-11,14H2,1-3H3. The van der Waals surface area contributed by atoms with Crippen molar-refractivity contribution in [3.05, 3.63) is 0 Å². The minimum absolute atomic E-state index is 0.363. The third-order valence-corrected chi connectivity index (χ3v) is 3.22. The van der Waals surface area contributed by atoms with Crippen molar-refractivity contribution in [3.63, 3.8) is 0 Å². The summed E-state index contributed by atoms with van der Waals surface area (Å²) in [6, 6.07) is 0.363. The van der Waals surface area contributed by atoms with Crippen LogP contribution in [0.15, 0.2) is 0 Å². The molecule has 16 heavy (non-hydrogen) atoms. The summed E-state index contributed by atoms with van der Waals surface area (Å²) >= 11 is 0. The number of hydrogen-bond acceptors (Lipinski definition) is 3. The molecule has 1 fully saturated rings. The van der Waals surface area contributed by atoms with Crippen LogP contribution in [0.4, 0.5) is 0 Å². The van der Waals surface area contributed by atoms with Crippen LogP contribution in [0.25, 0.3) is 0 Å². The fourth-order valence-corrected chi connectivity index (χ4v) is 2.35. The molecule has 0 aromatic rings. The van der Waals surface area contributed by atoms with Crippen LogP contribution in [0.1, 0.15) is 33.6 Å². The monoisotopic (exact) mass is 227 g/mol. The number of piperazine rings is 1. The summed E-state index contributed by atoms with van der Waals surface area (Å²) in [5.74, 6) is 0.796. The van der Waals surface area contributed by atoms with Crippen LogP contribution >= 0.6 is 0 Å². The Bertz CT molecular complexity index is 172. The fourth-order valence-electron chi connectivity index (χ4n) is 2.35. The summed E-state index contributed by atoms with van der Waals surface area (Å²) in [4.78, 5) is 5.17. The van der Waals surface area contributed by atoms with Gasteiger partial charge in [0.05, 0.1) is 0 Å². The van der Waals surface area contributed by atoms with Gasteiger partial charge in [-0.05, 0) is 32.2 Å². The van der Waals surface area contributed by atoms with Gasteiger partial charge in [-0.3, -0.25) is 0 Å². The zero-order valence-electron chi connectivity index (χ0n) is 11.3. The molecule has 1 unspecified atom stereocenters. The van der Waals surface area contributed by atoms with E-state index >= 15 is 0 Å². The summed E-state index contributed by atoms with van der Waals surface area (Å²) < 4.78 is 0. The lowest BCUT2D eigenvalue weighted by Crippen LogP contribution is -2.47. The van der Waals surface area contributed by atoms with E-state index in [9.17, 15) is 0 Å². The molecule has 0 spiro atoms. The number of nitrogens with zero attached hydrogens (tertiary/aromatic N) is 2. The second kappa shape index (κ2) is 7.25. The van der Waals surface area contributed by atoms with Crippen LogP contribution in [-0.2, 0) is 0 Å². The molecule has 96 valence electrons. The van der Waals surface area contributed by atoms with Crippen LogP contribution in [0.5, 0.6) is 0 Å². The van der Waals surface area contributed by atoms with Crippen LogP contribution in [-0.4, -0.2) is 55.1 Å². The zero-order chi connectivity index (χ0) is 12.0. The third-order valence-electron chi connectivity index (χ3n) is 3.22. The highest BCUT2D eigenvalue weighted by Crippen LogP contribution is 2.06. The second-order valence-electron chi connectivity index (χ2n) is 5.66. The quantitative estimate of drug-likeness (QED) is 0.744. The van der Waals surface area contributed by atoms with Gasteiger partial charge in [0.25, 0.3) is 0 Å². The first-order valence-electron chi connectivity index (χ1n) is 6.78. The molecule has 0 radical (unpaired) electrons. The first-order chi connectivity index (χ1) is 7.58. The van der Waals surface area contributed by atoms with Gasteiger partial charge in [-0.1, -0.05) is 13.8 Å². The molecular formula is C13H29N3. The Morgan fingerprint density at radius 2 is 1.56 bits per heavy atom. The van der Waals surface area contributed by atoms with Crippen molar-refractivity contribution in [1.29, 1.82) is 0 Å². The number of hydrogen-bond donors (Lipinski definition) is 1. The molecule has 3 nitrogen and oxygen atoms in total. The Morgan fingerprint density at radius 1 is 1.00 bits per heavy atom. The first kappa shape index (κ1) is 13.9. The van der Waals surface area contributed by atoms with Gasteiger partial charge in [0.1, 0.15) is 0 Å². The Balaban J connectivity index is 2.07. The smallest absolute Gasteiger partial charge is 0.0110 e. The lowest BCUT2D eigenvalue weighted by atomic mass is 10.1. The van der Waals surface area contributed by atoms with Crippen LogP contribution in [0.2, 0.25) is 0 Å². The van der Waals surface area contributed by atoms with Gasteiger partial charge in [0.2, 0.25) is 0 Å². The van der Waals surface area contributed by atoms with Gasteiger partial charge in [0, 0.05) is 38.8 Å². The van der Waals surface area contributed by atoms with Crippen molar-refractivity contribution in [2.45, 2.75) is 39.7 Å². The van der Waals surface area contributed by atoms with Crippen molar-refractivity contribution >= 4 is 0 Å². The van der Waals surface area contributed by atoms with Crippen molar-refractivity contribution in [3.8, 4) is 0 Å². The Labute approximate surface area is 101 Å². The molecule has 0 aliphatic carbocycles. The Morgan fingerprint density at radius 3 is 2.06 bits per heavy atom. The molecule has 0 saturated carbocycles. The molecule has 1 aliphatic heterocycles. The van der Waals surface area contributed by atoms with Crippen LogP contribution < -0.4 is 5.73 Å². The van der Waals surface area contributed by atoms with E-state index < -0.39 is 0 Å². The molecule has 3 heteroatoms. The molecule has 1 rings (SSSR count). The summed E-state index contributed by atoms with van der Waals surface area (Å²) in [5, 5.41) is 0. The summed E-state index contributed by atoms with van der Waals surface area (Å²) in [6.07, 6.45) is 2.41. The summed E-state index contributed by atoms with van der Waals surface area (Å²) in [7, 11) is 0. The normalized spacial score (nSPS) is 21.6. The number of rotatable bonds is 6. The molecule has 0 aromatic heterocycles. The molecule has 0 aromatic carbocycles. The summed E-state index contributed by atoms with van der Waals surface area (Å²) in [5.41, 5.74) is 5.76. The van der Waals surface area contributed by atoms with Gasteiger partial charge in [-0.25, -0.2) is 0 Å². The van der Waals surface area contributed by atoms with Gasteiger partial charge >= 0.3 is 0 Å². The summed E-state index contributed by atoms with van der Waals surface area (Å²) in [6.45, 7) is 14.2. The van der Waals surface area contributed by atoms with E-state index in [1.807, 2.05) is 0 Å². The van der Waals surface area contributed by atoms with E-state index in [0.717, 1.165) is 12.3 Å². The molecular weight excluding hydrogens is 198 g/mol. The van der Waals surface area contributed by atoms with E-state index in [1.165, 1.54) is 45.7 Å². The maximum atomic E-state index is 5.76. The van der Waals surface area contributed by atoms with Crippen molar-refractivity contribution < 1.29 is 0 Å². The molecule has 1 saturated heterocycles. The topological polar surface area (TPSA) is 32.5 Å². The highest BCUT2D eigenvalue weighted by molar-refractivity contribution is 4.72. The minimum atomic E-state index is 0.363. The van der Waals surface area contributed by atoms with Gasteiger partial charge < -0.3 is 15.5 Å². The van der Waals surface area contributed by atoms with Gasteiger partial charge in [-0.15, -0.1) is 0 Å². The van der Waals surface area contributed by atoms with Crippen LogP contribution in [0, 0.1) is 5.92 Å². The molecule has 2 N–H and O–H groups in total. The fraction of sp³-hybridized carbons (Fsp3) is 1.00. The largest absolute Gasteiger partial charge is 0.328 e. The van der Waals surface area contributed by atoms with Gasteiger partial charge in [-0.2, -0.15) is 0 Å². The van der Waals surface area contributed by atoms with Crippen LogP contribution in [0.3, 0.4) is 0 Å². The van der Waals surface area contributed by atoms with E-state index in [-0.39, 0.29) is 0 Å². The highest BCUT2D eigenvalue weighted by atomic mass is 15.3. The SMILES string of the molecule is CC(C)CN1CCN(CCCC(C)N)CC1. The molecule has 1 atom stereocenters. The maximum Gasteiger partial charge on any atom is 0.0110 e. The van der Waals surface area contributed by atoms with Crippen molar-refractivity contribution in [1.82, 2.24) is 9.80 Å². The lowest BCUT2D eigenvalue weighted by Gasteiger charge is -2.35. The number of nitrogens with two attached hydrogens (primary N) is 1. The average molecular weight is 227 g/mol. The van der Waals surface area contributed by atoms with E-state index in [2.05, 4.69) is 30.6 Å². The Hall–Kier alpha value is -0.120. The lowest BCUT2D eigenvalue weighted by molar-refractivity contribution is 0.120. The average Bonchev–Trinajstić information content (AvgIpc) is 2.19. The van der Waals surface area contributed by atoms with E-state index in [4.69, 9.17) is 5.73 Å². The Kier molecular flexibility index (Phi) is 6.32. The van der Waals surface area contributed by atoms with Crippen molar-refractivity contribution in [2.24, 2.45) is 11.7 Å². The zero-order valence-corrected chi connectivity index (χ0v) is 11.3. The minimum Gasteiger partial charge on any atom is -0.328 e. The molecule has 1 heterocycles. The maximum absolute atomic E-state index is 5.76. The third kappa shape index (κ3) is 5.83. The predicted octanol–water partition coefficient (Wildman–Crippen LogP) is 1.39. The first-order valence-corrected chi connectivity index (χ1v) is 6.78. The molecule has 0 amide bonds. The predicted molar refractivity (Wildman–Crippen MR) is 70.6 cm³/mol. The molecule has 0 bridgehead atoms. The highest BCUT2D eigenvalue weighted by Gasteiger charge is 2.16. The van der Waals surface area contributed by atoms with E-state index in [0.29, 0.717) is 6.04 Å². The van der Waals surface area contributed by atoms with Gasteiger partial charge in [0.15, 0.2) is 0 Å². The van der Waals surface area contributed by atoms with Crippen molar-refractivity contribution in [2.75, 3.05) is 39.3 Å².